The van der Waals surface area contributed by atoms with E-state index in [1.165, 1.54) is 0 Å². The summed E-state index contributed by atoms with van der Waals surface area (Å²) in [6.07, 6.45) is 2.04. The minimum atomic E-state index is 0.0127. The van der Waals surface area contributed by atoms with E-state index in [-0.39, 0.29) is 12.4 Å². The Morgan fingerprint density at radius 2 is 1.74 bits per heavy atom. The fourth-order valence-electron chi connectivity index (χ4n) is 3.15. The molecule has 23 heavy (non-hydrogen) atoms. The van der Waals surface area contributed by atoms with Crippen molar-refractivity contribution < 1.29 is 9.90 Å². The molecule has 4 heteroatoms. The van der Waals surface area contributed by atoms with Crippen molar-refractivity contribution in [1.82, 2.24) is 0 Å². The Kier molecular flexibility index (Phi) is 4.17. The third-order valence-electron chi connectivity index (χ3n) is 4.15. The number of benzene rings is 2. The Hall–Kier alpha value is -2.59. The van der Waals surface area contributed by atoms with Crippen molar-refractivity contribution in [3.63, 3.8) is 0 Å². The van der Waals surface area contributed by atoms with Crippen LogP contribution < -0.4 is 10.6 Å². The predicted molar refractivity (Wildman–Crippen MR) is 94.2 cm³/mol. The molecule has 2 aromatic carbocycles. The summed E-state index contributed by atoms with van der Waals surface area (Å²) in [7, 11) is 1.86. The summed E-state index contributed by atoms with van der Waals surface area (Å²) in [6, 6.07) is 11.5. The number of rotatable bonds is 4. The molecule has 0 fully saturated rings. The standard InChI is InChI=1S/C19H20N2O2/c1-3-12-13-6-4-5-7-14(13)19(23)18-16(21-10-11-22)9-8-15(20-2)17(12)18/h3-9,20-22H,10-11H2,1-2H3/b12-3-. The summed E-state index contributed by atoms with van der Waals surface area (Å²) in [5.74, 6) is 0.0127. The van der Waals surface area contributed by atoms with Crippen LogP contribution in [0.15, 0.2) is 42.5 Å². The molecule has 0 atom stereocenters. The number of allylic oxidation sites excluding steroid dienone is 1. The van der Waals surface area contributed by atoms with Crippen LogP contribution in [0.25, 0.3) is 5.57 Å². The summed E-state index contributed by atoms with van der Waals surface area (Å²) < 4.78 is 0. The maximum atomic E-state index is 13.1. The molecule has 2 aromatic rings. The zero-order valence-electron chi connectivity index (χ0n) is 13.3. The van der Waals surface area contributed by atoms with Gasteiger partial charge in [-0.1, -0.05) is 30.3 Å². The van der Waals surface area contributed by atoms with Gasteiger partial charge in [-0.3, -0.25) is 4.79 Å². The molecule has 0 aliphatic heterocycles. The molecule has 1 aliphatic rings. The van der Waals surface area contributed by atoms with Crippen LogP contribution in [-0.2, 0) is 0 Å². The molecule has 0 amide bonds. The van der Waals surface area contributed by atoms with E-state index >= 15 is 0 Å². The summed E-state index contributed by atoms with van der Waals surface area (Å²) in [6.45, 7) is 2.41. The van der Waals surface area contributed by atoms with E-state index in [0.29, 0.717) is 17.7 Å². The fraction of sp³-hybridized carbons (Fsp3) is 0.211. The van der Waals surface area contributed by atoms with Crippen LogP contribution in [0.2, 0.25) is 0 Å². The molecule has 0 saturated carbocycles. The summed E-state index contributed by atoms with van der Waals surface area (Å²) in [4.78, 5) is 13.1. The maximum absolute atomic E-state index is 13.1. The van der Waals surface area contributed by atoms with Gasteiger partial charge in [0.2, 0.25) is 0 Å². The molecule has 0 saturated heterocycles. The van der Waals surface area contributed by atoms with Gasteiger partial charge in [0.1, 0.15) is 0 Å². The van der Waals surface area contributed by atoms with Gasteiger partial charge in [-0.15, -0.1) is 0 Å². The molecular weight excluding hydrogens is 288 g/mol. The Balaban J connectivity index is 2.30. The lowest BCUT2D eigenvalue weighted by atomic mass is 9.79. The van der Waals surface area contributed by atoms with Crippen LogP contribution in [0, 0.1) is 0 Å². The van der Waals surface area contributed by atoms with Crippen molar-refractivity contribution in [3.8, 4) is 0 Å². The molecule has 118 valence electrons. The van der Waals surface area contributed by atoms with Crippen LogP contribution in [0.1, 0.15) is 34.0 Å². The second-order valence-corrected chi connectivity index (χ2v) is 5.39. The molecule has 0 spiro atoms. The normalized spacial score (nSPS) is 14.4. The third-order valence-corrected chi connectivity index (χ3v) is 4.15. The quantitative estimate of drug-likeness (QED) is 0.693. The first kappa shape index (κ1) is 15.3. The van der Waals surface area contributed by atoms with E-state index in [4.69, 9.17) is 5.11 Å². The molecule has 0 radical (unpaired) electrons. The first-order valence-electron chi connectivity index (χ1n) is 7.73. The monoisotopic (exact) mass is 308 g/mol. The van der Waals surface area contributed by atoms with E-state index < -0.39 is 0 Å². The number of aliphatic hydroxyl groups is 1. The lowest BCUT2D eigenvalue weighted by molar-refractivity contribution is 0.103. The zero-order valence-corrected chi connectivity index (χ0v) is 13.3. The van der Waals surface area contributed by atoms with Gasteiger partial charge >= 0.3 is 0 Å². The third kappa shape index (κ3) is 2.41. The van der Waals surface area contributed by atoms with Gasteiger partial charge in [-0.05, 0) is 30.2 Å². The molecule has 0 aromatic heterocycles. The van der Waals surface area contributed by atoms with Crippen LogP contribution in [0.4, 0.5) is 11.4 Å². The first-order chi connectivity index (χ1) is 11.2. The Morgan fingerprint density at radius 3 is 2.39 bits per heavy atom. The van der Waals surface area contributed by atoms with Gasteiger partial charge in [0.05, 0.1) is 12.2 Å². The van der Waals surface area contributed by atoms with Crippen LogP contribution >= 0.6 is 0 Å². The van der Waals surface area contributed by atoms with Crippen molar-refractivity contribution in [2.24, 2.45) is 0 Å². The van der Waals surface area contributed by atoms with Crippen LogP contribution in [0.3, 0.4) is 0 Å². The molecule has 3 N–H and O–H groups in total. The fourth-order valence-corrected chi connectivity index (χ4v) is 3.15. The Bertz CT molecular complexity index is 794. The number of nitrogens with one attached hydrogen (secondary N) is 2. The number of hydrogen-bond acceptors (Lipinski definition) is 4. The van der Waals surface area contributed by atoms with E-state index in [2.05, 4.69) is 10.6 Å². The average molecular weight is 308 g/mol. The van der Waals surface area contributed by atoms with Crippen molar-refractivity contribution in [3.05, 3.63) is 64.7 Å². The predicted octanol–water partition coefficient (Wildman–Crippen LogP) is 3.13. The van der Waals surface area contributed by atoms with Gasteiger partial charge in [0.25, 0.3) is 0 Å². The smallest absolute Gasteiger partial charge is 0.196 e. The van der Waals surface area contributed by atoms with Crippen LogP contribution in [0.5, 0.6) is 0 Å². The van der Waals surface area contributed by atoms with Gasteiger partial charge in [-0.25, -0.2) is 0 Å². The topological polar surface area (TPSA) is 61.4 Å². The minimum absolute atomic E-state index is 0.0127. The lowest BCUT2D eigenvalue weighted by Crippen LogP contribution is -2.19. The highest BCUT2D eigenvalue weighted by Gasteiger charge is 2.30. The van der Waals surface area contributed by atoms with Crippen molar-refractivity contribution in [2.45, 2.75) is 6.92 Å². The Morgan fingerprint density at radius 1 is 1.04 bits per heavy atom. The largest absolute Gasteiger partial charge is 0.395 e. The van der Waals surface area contributed by atoms with E-state index in [9.17, 15) is 4.79 Å². The number of aliphatic hydroxyl groups excluding tert-OH is 1. The highest BCUT2D eigenvalue weighted by molar-refractivity contribution is 6.22. The van der Waals surface area contributed by atoms with Gasteiger partial charge < -0.3 is 15.7 Å². The number of anilines is 2. The highest BCUT2D eigenvalue weighted by atomic mass is 16.3. The molecule has 0 heterocycles. The summed E-state index contributed by atoms with van der Waals surface area (Å²) >= 11 is 0. The molecular formula is C19H20N2O2. The molecule has 1 aliphatic carbocycles. The molecule has 0 unspecified atom stereocenters. The molecule has 0 bridgehead atoms. The summed E-state index contributed by atoms with van der Waals surface area (Å²) in [5, 5.41) is 15.4. The second kappa shape index (κ2) is 6.26. The number of carbonyl (C=O) groups is 1. The highest BCUT2D eigenvalue weighted by Crippen LogP contribution is 2.42. The number of fused-ring (bicyclic) bond motifs is 2. The van der Waals surface area contributed by atoms with Gasteiger partial charge in [0.15, 0.2) is 5.78 Å². The van der Waals surface area contributed by atoms with Gasteiger partial charge in [0, 0.05) is 36.1 Å². The maximum Gasteiger partial charge on any atom is 0.196 e. The van der Waals surface area contributed by atoms with Crippen LogP contribution in [-0.4, -0.2) is 31.1 Å². The zero-order chi connectivity index (χ0) is 16.4. The SMILES string of the molecule is C/C=C1/c2ccccc2C(=O)c2c(NCCO)ccc(NC)c21. The van der Waals surface area contributed by atoms with E-state index in [1.54, 1.807) is 0 Å². The second-order valence-electron chi connectivity index (χ2n) is 5.39. The van der Waals surface area contributed by atoms with Crippen molar-refractivity contribution in [2.75, 3.05) is 30.8 Å². The van der Waals surface area contributed by atoms with E-state index in [0.717, 1.165) is 28.1 Å². The number of carbonyl (C=O) groups excluding carboxylic acids is 1. The van der Waals surface area contributed by atoms with Crippen molar-refractivity contribution >= 4 is 22.7 Å². The van der Waals surface area contributed by atoms with Crippen molar-refractivity contribution in [1.29, 1.82) is 0 Å². The summed E-state index contributed by atoms with van der Waals surface area (Å²) in [5.41, 5.74) is 5.99. The number of ketones is 1. The average Bonchev–Trinajstić information content (AvgIpc) is 2.60. The van der Waals surface area contributed by atoms with Gasteiger partial charge in [-0.2, -0.15) is 0 Å². The van der Waals surface area contributed by atoms with E-state index in [1.807, 2.05) is 56.4 Å². The Labute approximate surface area is 135 Å². The number of hydrogen-bond donors (Lipinski definition) is 3. The first-order valence-corrected chi connectivity index (χ1v) is 7.73. The molecule has 3 rings (SSSR count). The lowest BCUT2D eigenvalue weighted by Gasteiger charge is -2.26. The molecule has 4 nitrogen and oxygen atoms in total. The minimum Gasteiger partial charge on any atom is -0.395 e.